The Labute approximate surface area is 171 Å². The van der Waals surface area contributed by atoms with Crippen molar-refractivity contribution in [2.24, 2.45) is 0 Å². The van der Waals surface area contributed by atoms with E-state index in [4.69, 9.17) is 9.26 Å². The molecule has 0 saturated carbocycles. The standard InChI is InChI=1S/C22H21N2O4P/c25-20-14-27-21-18(7-3-8-19(21)28-29)24(20)12-4-11-23-22(26)17-10-9-15-5-1-2-6-16(15)13-17/h1-3,5-10,13H,4,11-12,14,29H2,(H,23,26). The summed E-state index contributed by atoms with van der Waals surface area (Å²) in [5.41, 5.74) is 1.31. The zero-order valence-corrected chi connectivity index (χ0v) is 16.9. The van der Waals surface area contributed by atoms with Gasteiger partial charge in [-0.15, -0.1) is 0 Å². The molecule has 1 heterocycles. The quantitative estimate of drug-likeness (QED) is 0.500. The number of anilines is 1. The van der Waals surface area contributed by atoms with Crippen molar-refractivity contribution in [3.63, 3.8) is 0 Å². The Morgan fingerprint density at radius 2 is 1.93 bits per heavy atom. The molecular weight excluding hydrogens is 387 g/mol. The smallest absolute Gasteiger partial charge is 0.265 e. The Morgan fingerprint density at radius 1 is 1.10 bits per heavy atom. The minimum Gasteiger partial charge on any atom is -0.478 e. The highest BCUT2D eigenvalue weighted by molar-refractivity contribution is 7.10. The van der Waals surface area contributed by atoms with Crippen molar-refractivity contribution in [1.82, 2.24) is 5.32 Å². The van der Waals surface area contributed by atoms with Crippen molar-refractivity contribution in [2.75, 3.05) is 24.6 Å². The Kier molecular flexibility index (Phi) is 5.63. The van der Waals surface area contributed by atoms with Crippen LogP contribution in [0, 0.1) is 0 Å². The maximum atomic E-state index is 12.5. The Bertz CT molecular complexity index is 1070. The molecule has 1 N–H and O–H groups in total. The third-order valence-corrected chi connectivity index (χ3v) is 5.13. The van der Waals surface area contributed by atoms with Gasteiger partial charge in [0, 0.05) is 18.7 Å². The Balaban J connectivity index is 1.37. The number of ether oxygens (including phenoxy) is 1. The largest absolute Gasteiger partial charge is 0.478 e. The number of hydrogen-bond acceptors (Lipinski definition) is 4. The second-order valence-electron chi connectivity index (χ2n) is 6.73. The molecule has 4 rings (SSSR count). The van der Waals surface area contributed by atoms with Gasteiger partial charge in [0.15, 0.2) is 18.1 Å². The predicted molar refractivity (Wildman–Crippen MR) is 116 cm³/mol. The third-order valence-electron chi connectivity index (χ3n) is 4.87. The second kappa shape index (κ2) is 8.50. The molecule has 148 valence electrons. The van der Waals surface area contributed by atoms with Gasteiger partial charge in [0.05, 0.1) is 15.2 Å². The topological polar surface area (TPSA) is 67.9 Å². The molecule has 0 spiro atoms. The van der Waals surface area contributed by atoms with E-state index in [1.165, 1.54) is 0 Å². The van der Waals surface area contributed by atoms with Crippen molar-refractivity contribution in [3.05, 3.63) is 66.2 Å². The van der Waals surface area contributed by atoms with Gasteiger partial charge in [0.25, 0.3) is 11.8 Å². The summed E-state index contributed by atoms with van der Waals surface area (Å²) in [5, 5.41) is 5.06. The number of nitrogens with one attached hydrogen (secondary N) is 1. The first-order valence-corrected chi connectivity index (χ1v) is 9.84. The van der Waals surface area contributed by atoms with Crippen LogP contribution >= 0.6 is 9.47 Å². The number of hydrogen-bond donors (Lipinski definition) is 1. The maximum Gasteiger partial charge on any atom is 0.265 e. The van der Waals surface area contributed by atoms with Crippen LogP contribution in [-0.4, -0.2) is 31.5 Å². The Morgan fingerprint density at radius 3 is 2.76 bits per heavy atom. The second-order valence-corrected chi connectivity index (χ2v) is 6.96. The lowest BCUT2D eigenvalue weighted by Crippen LogP contribution is -2.40. The molecule has 29 heavy (non-hydrogen) atoms. The number of carbonyl (C=O) groups excluding carboxylic acids is 2. The molecular formula is C22H21N2O4P. The van der Waals surface area contributed by atoms with E-state index >= 15 is 0 Å². The van der Waals surface area contributed by atoms with Crippen molar-refractivity contribution in [3.8, 4) is 11.5 Å². The molecule has 0 saturated heterocycles. The number of nitrogens with zero attached hydrogens (tertiary/aromatic N) is 1. The number of carbonyl (C=O) groups is 2. The highest BCUT2D eigenvalue weighted by atomic mass is 31.0. The molecule has 1 atom stereocenters. The summed E-state index contributed by atoms with van der Waals surface area (Å²) in [6.45, 7) is 0.917. The fourth-order valence-corrected chi connectivity index (χ4v) is 3.60. The van der Waals surface area contributed by atoms with E-state index in [1.807, 2.05) is 54.6 Å². The van der Waals surface area contributed by atoms with Crippen LogP contribution in [0.2, 0.25) is 0 Å². The summed E-state index contributed by atoms with van der Waals surface area (Å²) in [5.74, 6) is 0.888. The van der Waals surface area contributed by atoms with E-state index in [0.29, 0.717) is 42.3 Å². The molecule has 0 aromatic heterocycles. The van der Waals surface area contributed by atoms with Crippen LogP contribution in [-0.2, 0) is 4.79 Å². The fourth-order valence-electron chi connectivity index (χ4n) is 3.42. The maximum absolute atomic E-state index is 12.5. The van der Waals surface area contributed by atoms with Gasteiger partial charge >= 0.3 is 0 Å². The van der Waals surface area contributed by atoms with Gasteiger partial charge < -0.3 is 19.5 Å². The molecule has 0 radical (unpaired) electrons. The minimum absolute atomic E-state index is 0.0263. The summed E-state index contributed by atoms with van der Waals surface area (Å²) in [4.78, 5) is 26.4. The van der Waals surface area contributed by atoms with Crippen molar-refractivity contribution in [2.45, 2.75) is 6.42 Å². The first-order chi connectivity index (χ1) is 14.2. The SMILES string of the molecule is O=C(NCCCN1C(=O)COc2c(OP)cccc21)c1ccc2ccccc2c1. The summed E-state index contributed by atoms with van der Waals surface area (Å²) >= 11 is 0. The summed E-state index contributed by atoms with van der Waals surface area (Å²) in [7, 11) is 2.19. The van der Waals surface area contributed by atoms with Crippen LogP contribution < -0.4 is 19.5 Å². The van der Waals surface area contributed by atoms with Gasteiger partial charge in [-0.25, -0.2) is 0 Å². The van der Waals surface area contributed by atoms with E-state index in [1.54, 1.807) is 11.0 Å². The molecule has 1 aliphatic heterocycles. The van der Waals surface area contributed by atoms with Gasteiger partial charge in [-0.1, -0.05) is 36.4 Å². The van der Waals surface area contributed by atoms with Crippen molar-refractivity contribution < 1.29 is 18.8 Å². The highest BCUT2D eigenvalue weighted by Gasteiger charge is 2.27. The van der Waals surface area contributed by atoms with Crippen LogP contribution in [0.3, 0.4) is 0 Å². The van der Waals surface area contributed by atoms with E-state index in [2.05, 4.69) is 14.8 Å². The normalized spacial score (nSPS) is 13.0. The fraction of sp³-hybridized carbons (Fsp3) is 0.182. The molecule has 3 aromatic rings. The molecule has 0 aliphatic carbocycles. The zero-order valence-electron chi connectivity index (χ0n) is 15.8. The summed E-state index contributed by atoms with van der Waals surface area (Å²) in [6, 6.07) is 19.0. The first kappa shape index (κ1) is 19.2. The van der Waals surface area contributed by atoms with Gasteiger partial charge in [-0.2, -0.15) is 0 Å². The number of benzene rings is 3. The Hall–Kier alpha value is -3.11. The molecule has 7 heteroatoms. The van der Waals surface area contributed by atoms with Crippen LogP contribution in [0.5, 0.6) is 11.5 Å². The van der Waals surface area contributed by atoms with Gasteiger partial charge in [0.1, 0.15) is 0 Å². The van der Waals surface area contributed by atoms with Gasteiger partial charge in [-0.05, 0) is 41.5 Å². The molecule has 6 nitrogen and oxygen atoms in total. The molecule has 3 aromatic carbocycles. The highest BCUT2D eigenvalue weighted by Crippen LogP contribution is 2.40. The van der Waals surface area contributed by atoms with Gasteiger partial charge in [-0.3, -0.25) is 9.59 Å². The van der Waals surface area contributed by atoms with E-state index < -0.39 is 0 Å². The van der Waals surface area contributed by atoms with Gasteiger partial charge in [0.2, 0.25) is 0 Å². The van der Waals surface area contributed by atoms with Crippen LogP contribution in [0.25, 0.3) is 10.8 Å². The third kappa shape index (κ3) is 4.03. The molecule has 1 unspecified atom stereocenters. The van der Waals surface area contributed by atoms with Crippen LogP contribution in [0.4, 0.5) is 5.69 Å². The van der Waals surface area contributed by atoms with Crippen molar-refractivity contribution in [1.29, 1.82) is 0 Å². The zero-order chi connectivity index (χ0) is 20.2. The predicted octanol–water partition coefficient (Wildman–Crippen LogP) is 3.55. The van der Waals surface area contributed by atoms with Crippen LogP contribution in [0.1, 0.15) is 16.8 Å². The first-order valence-electron chi connectivity index (χ1n) is 9.37. The lowest BCUT2D eigenvalue weighted by Gasteiger charge is -2.30. The van der Waals surface area contributed by atoms with E-state index in [0.717, 1.165) is 10.8 Å². The number of amides is 2. The average Bonchev–Trinajstić information content (AvgIpc) is 2.76. The number of para-hydroxylation sites is 1. The lowest BCUT2D eigenvalue weighted by atomic mass is 10.1. The minimum atomic E-state index is -0.122. The summed E-state index contributed by atoms with van der Waals surface area (Å²) in [6.07, 6.45) is 0.621. The summed E-state index contributed by atoms with van der Waals surface area (Å²) < 4.78 is 10.8. The van der Waals surface area contributed by atoms with Crippen LogP contribution in [0.15, 0.2) is 60.7 Å². The lowest BCUT2D eigenvalue weighted by molar-refractivity contribution is -0.121. The van der Waals surface area contributed by atoms with E-state index in [-0.39, 0.29) is 18.4 Å². The van der Waals surface area contributed by atoms with Crippen molar-refractivity contribution >= 4 is 37.7 Å². The number of fused-ring (bicyclic) bond motifs is 2. The average molecular weight is 408 g/mol. The number of rotatable bonds is 6. The molecule has 2 amide bonds. The van der Waals surface area contributed by atoms with E-state index in [9.17, 15) is 9.59 Å². The molecule has 1 aliphatic rings. The molecule has 0 fully saturated rings. The monoisotopic (exact) mass is 408 g/mol. The molecule has 0 bridgehead atoms.